The van der Waals surface area contributed by atoms with E-state index in [0.717, 1.165) is 26.3 Å². The fourth-order valence-electron chi connectivity index (χ4n) is 2.78. The van der Waals surface area contributed by atoms with Gasteiger partial charge in [-0.2, -0.15) is 0 Å². The van der Waals surface area contributed by atoms with E-state index in [4.69, 9.17) is 4.74 Å². The highest BCUT2D eigenvalue weighted by Gasteiger charge is 2.32. The van der Waals surface area contributed by atoms with Crippen LogP contribution in [0.4, 0.5) is 0 Å². The van der Waals surface area contributed by atoms with E-state index in [1.807, 2.05) is 0 Å². The van der Waals surface area contributed by atoms with Crippen LogP contribution in [0.5, 0.6) is 0 Å². The van der Waals surface area contributed by atoms with Crippen molar-refractivity contribution in [1.82, 2.24) is 5.32 Å². The summed E-state index contributed by atoms with van der Waals surface area (Å²) >= 11 is 0. The molecule has 1 N–H and O–H groups in total. The lowest BCUT2D eigenvalue weighted by molar-refractivity contribution is 0.0150. The summed E-state index contributed by atoms with van der Waals surface area (Å²) < 4.78 is 5.54. The molecule has 0 atom stereocenters. The van der Waals surface area contributed by atoms with E-state index in [0.29, 0.717) is 5.41 Å². The van der Waals surface area contributed by atoms with Crippen LogP contribution in [0, 0.1) is 5.41 Å². The summed E-state index contributed by atoms with van der Waals surface area (Å²) in [6.07, 6.45) is 4.74. The maximum Gasteiger partial charge on any atom is 0.0471 e. The van der Waals surface area contributed by atoms with E-state index in [-0.39, 0.29) is 0 Å². The number of rotatable bonds is 6. The van der Waals surface area contributed by atoms with Crippen LogP contribution in [0.1, 0.15) is 31.7 Å². The second-order valence-electron chi connectivity index (χ2n) is 5.45. The summed E-state index contributed by atoms with van der Waals surface area (Å²) in [6.45, 7) is 6.30. The number of hydrogen-bond acceptors (Lipinski definition) is 2. The maximum atomic E-state index is 5.54. The zero-order valence-corrected chi connectivity index (χ0v) is 11.5. The molecule has 0 bridgehead atoms. The summed E-state index contributed by atoms with van der Waals surface area (Å²) in [5.41, 5.74) is 1.85. The average molecular weight is 247 g/mol. The largest absolute Gasteiger partial charge is 0.381 e. The van der Waals surface area contributed by atoms with Gasteiger partial charge in [0.2, 0.25) is 0 Å². The Morgan fingerprint density at radius 3 is 2.56 bits per heavy atom. The molecule has 2 rings (SSSR count). The Hall–Kier alpha value is -0.860. The van der Waals surface area contributed by atoms with Crippen molar-refractivity contribution in [1.29, 1.82) is 0 Å². The van der Waals surface area contributed by atoms with Gasteiger partial charge in [0, 0.05) is 19.8 Å². The highest BCUT2D eigenvalue weighted by atomic mass is 16.5. The third-order valence-corrected chi connectivity index (χ3v) is 3.90. The molecule has 1 aliphatic heterocycles. The highest BCUT2D eigenvalue weighted by Crippen LogP contribution is 2.33. The van der Waals surface area contributed by atoms with E-state index in [2.05, 4.69) is 42.6 Å². The van der Waals surface area contributed by atoms with Crippen molar-refractivity contribution in [2.45, 2.75) is 32.6 Å². The van der Waals surface area contributed by atoms with Gasteiger partial charge in [0.25, 0.3) is 0 Å². The van der Waals surface area contributed by atoms with Gasteiger partial charge in [0.1, 0.15) is 0 Å². The van der Waals surface area contributed by atoms with E-state index in [1.54, 1.807) is 0 Å². The van der Waals surface area contributed by atoms with E-state index in [1.165, 1.54) is 31.2 Å². The van der Waals surface area contributed by atoms with Gasteiger partial charge in [-0.05, 0) is 43.2 Å². The van der Waals surface area contributed by atoms with Crippen molar-refractivity contribution in [3.8, 4) is 0 Å². The molecule has 0 saturated carbocycles. The topological polar surface area (TPSA) is 21.3 Å². The van der Waals surface area contributed by atoms with Gasteiger partial charge in [0.05, 0.1) is 0 Å². The Balaban J connectivity index is 1.99. The van der Waals surface area contributed by atoms with Crippen LogP contribution in [0.25, 0.3) is 0 Å². The fraction of sp³-hybridized carbons (Fsp3) is 0.625. The molecule has 100 valence electrons. The second kappa shape index (κ2) is 6.91. The molecule has 0 spiro atoms. The van der Waals surface area contributed by atoms with Crippen LogP contribution in [-0.4, -0.2) is 26.3 Å². The number of benzene rings is 1. The third-order valence-electron chi connectivity index (χ3n) is 3.90. The molecule has 1 fully saturated rings. The normalized spacial score (nSPS) is 18.7. The van der Waals surface area contributed by atoms with Crippen LogP contribution in [0.3, 0.4) is 0 Å². The summed E-state index contributed by atoms with van der Waals surface area (Å²) in [5, 5.41) is 3.61. The van der Waals surface area contributed by atoms with Gasteiger partial charge < -0.3 is 10.1 Å². The number of ether oxygens (including phenoxy) is 1. The molecule has 0 aromatic heterocycles. The van der Waals surface area contributed by atoms with Gasteiger partial charge >= 0.3 is 0 Å². The first-order chi connectivity index (χ1) is 8.85. The molecule has 1 aliphatic rings. The number of nitrogens with one attached hydrogen (secondary N) is 1. The Morgan fingerprint density at radius 1 is 1.17 bits per heavy atom. The molecule has 0 unspecified atom stereocenters. The van der Waals surface area contributed by atoms with Gasteiger partial charge in [-0.25, -0.2) is 0 Å². The molecule has 0 aliphatic carbocycles. The van der Waals surface area contributed by atoms with E-state index in [9.17, 15) is 0 Å². The maximum absolute atomic E-state index is 5.54. The highest BCUT2D eigenvalue weighted by molar-refractivity contribution is 5.17. The number of hydrogen-bond donors (Lipinski definition) is 1. The molecule has 0 radical (unpaired) electrons. The molecule has 18 heavy (non-hydrogen) atoms. The van der Waals surface area contributed by atoms with Crippen molar-refractivity contribution in [3.63, 3.8) is 0 Å². The molecule has 0 amide bonds. The fourth-order valence-corrected chi connectivity index (χ4v) is 2.78. The standard InChI is InChI=1S/C16H25NO/c1-2-10-17-14-16(8-11-18-12-9-16)13-15-6-4-3-5-7-15/h3-7,17H,2,8-14H2,1H3. The quantitative estimate of drug-likeness (QED) is 0.780. The lowest BCUT2D eigenvalue weighted by atomic mass is 9.75. The Labute approximate surface area is 111 Å². The second-order valence-corrected chi connectivity index (χ2v) is 5.45. The van der Waals surface area contributed by atoms with Crippen LogP contribution < -0.4 is 5.32 Å². The Kier molecular flexibility index (Phi) is 5.21. The minimum Gasteiger partial charge on any atom is -0.381 e. The Morgan fingerprint density at radius 2 is 1.89 bits per heavy atom. The van der Waals surface area contributed by atoms with Crippen LogP contribution >= 0.6 is 0 Å². The lowest BCUT2D eigenvalue weighted by Crippen LogP contribution is -2.41. The van der Waals surface area contributed by atoms with Crippen LogP contribution in [-0.2, 0) is 11.2 Å². The molecule has 1 heterocycles. The summed E-state index contributed by atoms with van der Waals surface area (Å²) in [7, 11) is 0. The summed E-state index contributed by atoms with van der Waals surface area (Å²) in [6, 6.07) is 10.9. The van der Waals surface area contributed by atoms with Gasteiger partial charge in [0.15, 0.2) is 0 Å². The lowest BCUT2D eigenvalue weighted by Gasteiger charge is -2.37. The molecular formula is C16H25NO. The predicted molar refractivity (Wildman–Crippen MR) is 75.8 cm³/mol. The monoisotopic (exact) mass is 247 g/mol. The van der Waals surface area contributed by atoms with Crippen molar-refractivity contribution < 1.29 is 4.74 Å². The van der Waals surface area contributed by atoms with Gasteiger partial charge in [-0.3, -0.25) is 0 Å². The minimum absolute atomic E-state index is 0.398. The predicted octanol–water partition coefficient (Wildman–Crippen LogP) is 3.03. The zero-order valence-electron chi connectivity index (χ0n) is 11.5. The molecule has 2 nitrogen and oxygen atoms in total. The minimum atomic E-state index is 0.398. The smallest absolute Gasteiger partial charge is 0.0471 e. The zero-order chi connectivity index (χ0) is 12.7. The molecule has 1 saturated heterocycles. The van der Waals surface area contributed by atoms with Crippen molar-refractivity contribution >= 4 is 0 Å². The SMILES string of the molecule is CCCNCC1(Cc2ccccc2)CCOCC1. The first kappa shape index (κ1) is 13.6. The van der Waals surface area contributed by atoms with Crippen LogP contribution in [0.2, 0.25) is 0 Å². The van der Waals surface area contributed by atoms with Gasteiger partial charge in [-0.1, -0.05) is 37.3 Å². The van der Waals surface area contributed by atoms with Crippen molar-refractivity contribution in [2.24, 2.45) is 5.41 Å². The van der Waals surface area contributed by atoms with E-state index < -0.39 is 0 Å². The van der Waals surface area contributed by atoms with Gasteiger partial charge in [-0.15, -0.1) is 0 Å². The van der Waals surface area contributed by atoms with Crippen molar-refractivity contribution in [2.75, 3.05) is 26.3 Å². The van der Waals surface area contributed by atoms with E-state index >= 15 is 0 Å². The van der Waals surface area contributed by atoms with Crippen LogP contribution in [0.15, 0.2) is 30.3 Å². The summed E-state index contributed by atoms with van der Waals surface area (Å²) in [4.78, 5) is 0. The Bertz CT molecular complexity index is 330. The molecule has 2 heteroatoms. The molecular weight excluding hydrogens is 222 g/mol. The molecule has 1 aromatic carbocycles. The van der Waals surface area contributed by atoms with Crippen molar-refractivity contribution in [3.05, 3.63) is 35.9 Å². The third kappa shape index (κ3) is 3.82. The first-order valence-corrected chi connectivity index (χ1v) is 7.17. The molecule has 1 aromatic rings. The first-order valence-electron chi connectivity index (χ1n) is 7.17. The average Bonchev–Trinajstić information content (AvgIpc) is 2.41. The summed E-state index contributed by atoms with van der Waals surface area (Å²) in [5.74, 6) is 0.